The third-order valence-corrected chi connectivity index (χ3v) is 7.46. The average Bonchev–Trinajstić information content (AvgIpc) is 2.93. The number of benzene rings is 3. The lowest BCUT2D eigenvalue weighted by molar-refractivity contribution is -0.140. The number of sulfonamides is 1. The number of methoxy groups -OCH3 is 2. The molecule has 0 radical (unpaired) electrons. The van der Waals surface area contributed by atoms with Gasteiger partial charge in [-0.2, -0.15) is 0 Å². The first-order chi connectivity index (χ1) is 19.4. The van der Waals surface area contributed by atoms with Crippen LogP contribution in [0, 0.1) is 5.82 Å². The predicted octanol–water partition coefficient (Wildman–Crippen LogP) is 3.77. The molecule has 0 saturated heterocycles. The van der Waals surface area contributed by atoms with Crippen LogP contribution in [0.15, 0.2) is 72.8 Å². The first-order valence-corrected chi connectivity index (χ1v) is 14.9. The van der Waals surface area contributed by atoms with Crippen LogP contribution in [0.1, 0.15) is 25.0 Å². The summed E-state index contributed by atoms with van der Waals surface area (Å²) in [5, 5.41) is 2.85. The van der Waals surface area contributed by atoms with Gasteiger partial charge in [0, 0.05) is 30.6 Å². The Morgan fingerprint density at radius 3 is 2.20 bits per heavy atom. The summed E-state index contributed by atoms with van der Waals surface area (Å²) in [7, 11) is -1.18. The molecule has 0 unspecified atom stereocenters. The number of nitrogens with one attached hydrogen (secondary N) is 1. The first-order valence-electron chi connectivity index (χ1n) is 13.0. The van der Waals surface area contributed by atoms with Crippen molar-refractivity contribution in [3.63, 3.8) is 0 Å². The smallest absolute Gasteiger partial charge is 0.244 e. The van der Waals surface area contributed by atoms with Crippen molar-refractivity contribution in [2.75, 3.05) is 31.3 Å². The first kappa shape index (κ1) is 31.4. The minimum Gasteiger partial charge on any atom is -0.497 e. The zero-order chi connectivity index (χ0) is 30.2. The number of rotatable bonds is 13. The number of carbonyl (C=O) groups is 2. The van der Waals surface area contributed by atoms with Crippen molar-refractivity contribution in [1.29, 1.82) is 0 Å². The van der Waals surface area contributed by atoms with Gasteiger partial charge in [-0.15, -0.1) is 0 Å². The van der Waals surface area contributed by atoms with E-state index in [-0.39, 0.29) is 36.0 Å². The van der Waals surface area contributed by atoms with Crippen LogP contribution >= 0.6 is 0 Å². The van der Waals surface area contributed by atoms with Crippen LogP contribution < -0.4 is 19.1 Å². The molecule has 0 spiro atoms. The van der Waals surface area contributed by atoms with Crippen LogP contribution in [0.5, 0.6) is 11.5 Å². The lowest BCUT2D eigenvalue weighted by atomic mass is 10.0. The molecule has 1 atom stereocenters. The van der Waals surface area contributed by atoms with Gasteiger partial charge in [0.1, 0.15) is 29.9 Å². The fourth-order valence-corrected chi connectivity index (χ4v) is 5.18. The maximum Gasteiger partial charge on any atom is 0.244 e. The highest BCUT2D eigenvalue weighted by molar-refractivity contribution is 7.92. The highest BCUT2D eigenvalue weighted by atomic mass is 32.2. The molecule has 0 aromatic heterocycles. The van der Waals surface area contributed by atoms with E-state index in [0.717, 1.165) is 16.1 Å². The molecule has 0 aliphatic rings. The maximum atomic E-state index is 14.8. The molecule has 2 amide bonds. The SMILES string of the molecule is COc1ccc(N(CC(=O)N(Cc2ccccc2F)[C@@H](Cc2ccccc2)C(=O)NC(C)C)S(C)(=O)=O)c(OC)c1. The number of carbonyl (C=O) groups excluding carboxylic acids is 2. The summed E-state index contributed by atoms with van der Waals surface area (Å²) in [6, 6.07) is 18.3. The van der Waals surface area contributed by atoms with Crippen molar-refractivity contribution in [1.82, 2.24) is 10.2 Å². The van der Waals surface area contributed by atoms with E-state index in [1.54, 1.807) is 26.0 Å². The number of hydrogen-bond donors (Lipinski definition) is 1. The molecule has 3 aromatic carbocycles. The normalized spacial score (nSPS) is 12.0. The van der Waals surface area contributed by atoms with Gasteiger partial charge in [0.25, 0.3) is 0 Å². The topological polar surface area (TPSA) is 105 Å². The molecule has 3 rings (SSSR count). The minimum atomic E-state index is -4.01. The van der Waals surface area contributed by atoms with Gasteiger partial charge >= 0.3 is 0 Å². The number of anilines is 1. The summed E-state index contributed by atoms with van der Waals surface area (Å²) in [5.74, 6) is -1.09. The van der Waals surface area contributed by atoms with E-state index in [1.165, 1.54) is 49.5 Å². The Labute approximate surface area is 240 Å². The van der Waals surface area contributed by atoms with E-state index in [1.807, 2.05) is 30.3 Å². The largest absolute Gasteiger partial charge is 0.497 e. The van der Waals surface area contributed by atoms with Crippen LogP contribution in [-0.4, -0.2) is 64.2 Å². The lowest BCUT2D eigenvalue weighted by Crippen LogP contribution is -2.54. The van der Waals surface area contributed by atoms with E-state index < -0.39 is 40.2 Å². The van der Waals surface area contributed by atoms with Gasteiger partial charge in [-0.3, -0.25) is 13.9 Å². The second kappa shape index (κ2) is 14.0. The summed E-state index contributed by atoms with van der Waals surface area (Å²) in [6.45, 7) is 2.67. The molecule has 41 heavy (non-hydrogen) atoms. The molecule has 0 heterocycles. The molecule has 0 aliphatic heterocycles. The molecule has 0 saturated carbocycles. The quantitative estimate of drug-likeness (QED) is 0.328. The number of halogens is 1. The lowest BCUT2D eigenvalue weighted by Gasteiger charge is -2.34. The third-order valence-electron chi connectivity index (χ3n) is 6.34. The van der Waals surface area contributed by atoms with Gasteiger partial charge in [0.2, 0.25) is 21.8 Å². The zero-order valence-electron chi connectivity index (χ0n) is 23.8. The highest BCUT2D eigenvalue weighted by Gasteiger charge is 2.34. The molecule has 9 nitrogen and oxygen atoms in total. The van der Waals surface area contributed by atoms with E-state index >= 15 is 0 Å². The van der Waals surface area contributed by atoms with Crippen molar-refractivity contribution in [2.24, 2.45) is 0 Å². The van der Waals surface area contributed by atoms with E-state index in [2.05, 4.69) is 5.32 Å². The Hall–Kier alpha value is -4.12. The van der Waals surface area contributed by atoms with Crippen molar-refractivity contribution >= 4 is 27.5 Å². The Morgan fingerprint density at radius 2 is 1.61 bits per heavy atom. The van der Waals surface area contributed by atoms with Gasteiger partial charge in [0.15, 0.2) is 0 Å². The number of ether oxygens (including phenoxy) is 2. The van der Waals surface area contributed by atoms with Gasteiger partial charge in [-0.25, -0.2) is 12.8 Å². The second-order valence-corrected chi connectivity index (χ2v) is 11.7. The van der Waals surface area contributed by atoms with Gasteiger partial charge in [0.05, 0.1) is 26.2 Å². The number of nitrogens with zero attached hydrogens (tertiary/aromatic N) is 2. The zero-order valence-corrected chi connectivity index (χ0v) is 24.7. The Kier molecular flexibility index (Phi) is 10.7. The molecule has 220 valence electrons. The summed E-state index contributed by atoms with van der Waals surface area (Å²) in [5.41, 5.74) is 1.07. The van der Waals surface area contributed by atoms with Crippen LogP contribution in [0.3, 0.4) is 0 Å². The Balaban J connectivity index is 2.10. The molecular formula is C30H36FN3O6S. The summed E-state index contributed by atoms with van der Waals surface area (Å²) in [6.07, 6.45) is 1.10. The molecule has 1 N–H and O–H groups in total. The molecule has 11 heteroatoms. The Morgan fingerprint density at radius 1 is 0.951 bits per heavy atom. The fraction of sp³-hybridized carbons (Fsp3) is 0.333. The van der Waals surface area contributed by atoms with Crippen LogP contribution in [0.25, 0.3) is 0 Å². The van der Waals surface area contributed by atoms with E-state index in [4.69, 9.17) is 9.47 Å². The van der Waals surface area contributed by atoms with Crippen LogP contribution in [0.4, 0.5) is 10.1 Å². The van der Waals surface area contributed by atoms with E-state index in [0.29, 0.717) is 5.75 Å². The van der Waals surface area contributed by atoms with Gasteiger partial charge < -0.3 is 19.7 Å². The van der Waals surface area contributed by atoms with Crippen LogP contribution in [-0.2, 0) is 32.6 Å². The maximum absolute atomic E-state index is 14.8. The molecule has 0 aliphatic carbocycles. The number of hydrogen-bond acceptors (Lipinski definition) is 6. The van der Waals surface area contributed by atoms with Crippen molar-refractivity contribution in [3.05, 3.63) is 89.7 Å². The monoisotopic (exact) mass is 585 g/mol. The van der Waals surface area contributed by atoms with Crippen molar-refractivity contribution in [3.8, 4) is 11.5 Å². The summed E-state index contributed by atoms with van der Waals surface area (Å²) in [4.78, 5) is 28.9. The molecular weight excluding hydrogens is 549 g/mol. The molecule has 0 bridgehead atoms. The average molecular weight is 586 g/mol. The standard InChI is InChI=1S/C30H36FN3O6S/c1-21(2)32-30(36)27(17-22-11-7-6-8-12-22)33(19-23-13-9-10-14-25(23)31)29(35)20-34(41(5,37)38)26-16-15-24(39-3)18-28(26)40-4/h6-16,18,21,27H,17,19-20H2,1-5H3,(H,32,36)/t27-/m0/s1. The van der Waals surface area contributed by atoms with Gasteiger partial charge in [-0.1, -0.05) is 48.5 Å². The van der Waals surface area contributed by atoms with Crippen molar-refractivity contribution < 1.29 is 31.9 Å². The van der Waals surface area contributed by atoms with E-state index in [9.17, 15) is 22.4 Å². The third kappa shape index (κ3) is 8.43. The Bertz CT molecular complexity index is 1450. The predicted molar refractivity (Wildman–Crippen MR) is 156 cm³/mol. The molecule has 0 fully saturated rings. The van der Waals surface area contributed by atoms with Crippen LogP contribution in [0.2, 0.25) is 0 Å². The van der Waals surface area contributed by atoms with Crippen molar-refractivity contribution in [2.45, 2.75) is 38.9 Å². The second-order valence-electron chi connectivity index (χ2n) is 9.79. The number of amides is 2. The van der Waals surface area contributed by atoms with Gasteiger partial charge in [-0.05, 0) is 37.6 Å². The molecule has 3 aromatic rings. The summed E-state index contributed by atoms with van der Waals surface area (Å²) < 4.78 is 52.3. The minimum absolute atomic E-state index is 0.112. The fourth-order valence-electron chi connectivity index (χ4n) is 4.33. The summed E-state index contributed by atoms with van der Waals surface area (Å²) >= 11 is 0. The highest BCUT2D eigenvalue weighted by Crippen LogP contribution is 2.34.